The van der Waals surface area contributed by atoms with E-state index >= 15 is 0 Å². The number of ether oxygens (including phenoxy) is 1. The third-order valence-corrected chi connectivity index (χ3v) is 5.14. The zero-order valence-corrected chi connectivity index (χ0v) is 13.5. The van der Waals surface area contributed by atoms with E-state index in [1.165, 1.54) is 23.7 Å². The molecule has 0 atom stereocenters. The minimum absolute atomic E-state index is 0.397. The van der Waals surface area contributed by atoms with Gasteiger partial charge in [0.25, 0.3) is 0 Å². The lowest BCUT2D eigenvalue weighted by atomic mass is 10.2. The summed E-state index contributed by atoms with van der Waals surface area (Å²) < 4.78 is 12.7. The van der Waals surface area contributed by atoms with Crippen molar-refractivity contribution in [3.8, 4) is 11.6 Å². The molecule has 0 amide bonds. The lowest BCUT2D eigenvalue weighted by Crippen LogP contribution is -1.95. The highest BCUT2D eigenvalue weighted by molar-refractivity contribution is 8.00. The first-order valence-corrected chi connectivity index (χ1v) is 8.64. The van der Waals surface area contributed by atoms with Gasteiger partial charge in [-0.1, -0.05) is 11.8 Å². The molecule has 6 nitrogen and oxygen atoms in total. The first-order chi connectivity index (χ1) is 11.2. The minimum atomic E-state index is -0.397. The molecule has 23 heavy (non-hydrogen) atoms. The summed E-state index contributed by atoms with van der Waals surface area (Å²) in [6.45, 7) is 0. The molecule has 0 bridgehead atoms. The standard InChI is InChI=1S/C15H9N3O3S2/c1-22-15-18-13-12(23-15)14(17-7-16-13)20-9-4-2-8-3-5-11(19)21-10(8)6-9/h2-7H,1H3. The molecule has 0 spiro atoms. The van der Waals surface area contributed by atoms with Crippen LogP contribution < -0.4 is 10.4 Å². The first-order valence-electron chi connectivity index (χ1n) is 6.60. The van der Waals surface area contributed by atoms with Crippen molar-refractivity contribution in [2.75, 3.05) is 6.26 Å². The van der Waals surface area contributed by atoms with Crippen molar-refractivity contribution in [1.82, 2.24) is 15.0 Å². The van der Waals surface area contributed by atoms with Gasteiger partial charge in [0.05, 0.1) is 0 Å². The Hall–Kier alpha value is -2.45. The maximum atomic E-state index is 11.3. The van der Waals surface area contributed by atoms with Crippen molar-refractivity contribution >= 4 is 44.4 Å². The fraction of sp³-hybridized carbons (Fsp3) is 0.0667. The average Bonchev–Trinajstić information content (AvgIpc) is 2.99. The van der Waals surface area contributed by atoms with E-state index in [4.69, 9.17) is 9.15 Å². The van der Waals surface area contributed by atoms with Crippen molar-refractivity contribution in [3.63, 3.8) is 0 Å². The number of thioether (sulfide) groups is 1. The van der Waals surface area contributed by atoms with E-state index < -0.39 is 5.63 Å². The molecule has 3 heterocycles. The summed E-state index contributed by atoms with van der Waals surface area (Å²) in [5.41, 5.74) is 0.678. The van der Waals surface area contributed by atoms with Gasteiger partial charge in [0, 0.05) is 17.5 Å². The second kappa shape index (κ2) is 5.64. The Labute approximate surface area is 138 Å². The van der Waals surface area contributed by atoms with E-state index in [9.17, 15) is 4.79 Å². The monoisotopic (exact) mass is 343 g/mol. The van der Waals surface area contributed by atoms with Gasteiger partial charge in [-0.3, -0.25) is 0 Å². The van der Waals surface area contributed by atoms with Crippen LogP contribution in [0.2, 0.25) is 0 Å². The van der Waals surface area contributed by atoms with Crippen LogP contribution in [0.15, 0.2) is 50.2 Å². The topological polar surface area (TPSA) is 78.1 Å². The molecule has 0 fully saturated rings. The molecule has 1 aromatic carbocycles. The van der Waals surface area contributed by atoms with Gasteiger partial charge in [0.15, 0.2) is 9.99 Å². The molecule has 0 radical (unpaired) electrons. The van der Waals surface area contributed by atoms with E-state index in [-0.39, 0.29) is 0 Å². The predicted octanol–water partition coefficient (Wildman–Crippen LogP) is 3.71. The molecule has 4 rings (SSSR count). The maximum Gasteiger partial charge on any atom is 0.336 e. The van der Waals surface area contributed by atoms with Gasteiger partial charge in [0.1, 0.15) is 22.4 Å². The van der Waals surface area contributed by atoms with Gasteiger partial charge in [-0.05, 0) is 24.5 Å². The SMILES string of the molecule is CSc1nc2ncnc(Oc3ccc4ccc(=O)oc4c3)c2s1. The van der Waals surface area contributed by atoms with Crippen LogP contribution in [0, 0.1) is 0 Å². The molecule has 4 aromatic rings. The van der Waals surface area contributed by atoms with Gasteiger partial charge in [-0.15, -0.1) is 11.3 Å². The van der Waals surface area contributed by atoms with Crippen LogP contribution in [0.3, 0.4) is 0 Å². The Morgan fingerprint density at radius 1 is 1.22 bits per heavy atom. The molecule has 0 unspecified atom stereocenters. The highest BCUT2D eigenvalue weighted by Gasteiger charge is 2.12. The highest BCUT2D eigenvalue weighted by Crippen LogP contribution is 2.34. The van der Waals surface area contributed by atoms with Crippen molar-refractivity contribution in [1.29, 1.82) is 0 Å². The van der Waals surface area contributed by atoms with Gasteiger partial charge in [0.2, 0.25) is 5.88 Å². The van der Waals surface area contributed by atoms with Crippen LogP contribution in [-0.2, 0) is 0 Å². The van der Waals surface area contributed by atoms with Gasteiger partial charge in [-0.25, -0.2) is 19.7 Å². The van der Waals surface area contributed by atoms with E-state index in [0.717, 1.165) is 14.4 Å². The fourth-order valence-corrected chi connectivity index (χ4v) is 3.53. The number of benzene rings is 1. The molecule has 0 aliphatic carbocycles. The van der Waals surface area contributed by atoms with E-state index in [2.05, 4.69) is 15.0 Å². The van der Waals surface area contributed by atoms with Crippen molar-refractivity contribution in [2.24, 2.45) is 0 Å². The zero-order chi connectivity index (χ0) is 15.8. The van der Waals surface area contributed by atoms with Crippen LogP contribution in [0.4, 0.5) is 0 Å². The van der Waals surface area contributed by atoms with Gasteiger partial charge >= 0.3 is 5.63 Å². The number of nitrogens with zero attached hydrogens (tertiary/aromatic N) is 3. The van der Waals surface area contributed by atoms with E-state index in [1.807, 2.05) is 12.3 Å². The number of hydrogen-bond acceptors (Lipinski definition) is 8. The molecule has 8 heteroatoms. The smallest absolute Gasteiger partial charge is 0.336 e. The Balaban J connectivity index is 1.78. The van der Waals surface area contributed by atoms with Gasteiger partial charge in [-0.2, -0.15) is 0 Å². The largest absolute Gasteiger partial charge is 0.437 e. The molecule has 0 aliphatic rings. The van der Waals surface area contributed by atoms with Crippen LogP contribution >= 0.6 is 23.1 Å². The third kappa shape index (κ3) is 2.66. The maximum absolute atomic E-state index is 11.3. The summed E-state index contributed by atoms with van der Waals surface area (Å²) in [4.78, 5) is 24.0. The quantitative estimate of drug-likeness (QED) is 0.414. The molecule has 114 valence electrons. The Morgan fingerprint density at radius 3 is 2.96 bits per heavy atom. The van der Waals surface area contributed by atoms with Gasteiger partial charge < -0.3 is 9.15 Å². The molecular weight excluding hydrogens is 334 g/mol. The third-order valence-electron chi connectivity index (χ3n) is 3.12. The molecule has 3 aromatic heterocycles. The minimum Gasteiger partial charge on any atom is -0.437 e. The zero-order valence-electron chi connectivity index (χ0n) is 11.8. The normalized spacial score (nSPS) is 11.2. The number of hydrogen-bond donors (Lipinski definition) is 0. The molecular formula is C15H9N3O3S2. The lowest BCUT2D eigenvalue weighted by molar-refractivity contribution is 0.467. The number of fused-ring (bicyclic) bond motifs is 2. The highest BCUT2D eigenvalue weighted by atomic mass is 32.2. The number of aromatic nitrogens is 3. The first kappa shape index (κ1) is 14.2. The van der Waals surface area contributed by atoms with Crippen molar-refractivity contribution in [2.45, 2.75) is 4.34 Å². The molecule has 0 saturated heterocycles. The van der Waals surface area contributed by atoms with E-state index in [1.54, 1.807) is 30.0 Å². The summed E-state index contributed by atoms with van der Waals surface area (Å²) in [5.74, 6) is 0.969. The Morgan fingerprint density at radius 2 is 2.09 bits per heavy atom. The Bertz CT molecular complexity index is 1070. The summed E-state index contributed by atoms with van der Waals surface area (Å²) >= 11 is 3.02. The predicted molar refractivity (Wildman–Crippen MR) is 89.5 cm³/mol. The van der Waals surface area contributed by atoms with Crippen molar-refractivity contribution < 1.29 is 9.15 Å². The fourth-order valence-electron chi connectivity index (χ4n) is 2.09. The second-order valence-electron chi connectivity index (χ2n) is 4.57. The molecule has 0 N–H and O–H groups in total. The number of thiazole rings is 1. The van der Waals surface area contributed by atoms with Crippen LogP contribution in [0.1, 0.15) is 0 Å². The summed E-state index contributed by atoms with van der Waals surface area (Å²) in [6.07, 6.45) is 3.37. The second-order valence-corrected chi connectivity index (χ2v) is 6.62. The van der Waals surface area contributed by atoms with Crippen LogP contribution in [0.5, 0.6) is 11.6 Å². The van der Waals surface area contributed by atoms with Crippen LogP contribution in [0.25, 0.3) is 21.3 Å². The van der Waals surface area contributed by atoms with Crippen LogP contribution in [-0.4, -0.2) is 21.2 Å². The average molecular weight is 343 g/mol. The summed E-state index contributed by atoms with van der Waals surface area (Å²) in [6, 6.07) is 8.39. The summed E-state index contributed by atoms with van der Waals surface area (Å²) in [7, 11) is 0. The van der Waals surface area contributed by atoms with E-state index in [0.29, 0.717) is 22.9 Å². The summed E-state index contributed by atoms with van der Waals surface area (Å²) in [5, 5.41) is 0.826. The van der Waals surface area contributed by atoms with Crippen molar-refractivity contribution in [3.05, 3.63) is 47.1 Å². The number of rotatable bonds is 3. The molecule has 0 saturated carbocycles. The molecule has 0 aliphatic heterocycles. The Kier molecular flexibility index (Phi) is 3.47. The lowest BCUT2D eigenvalue weighted by Gasteiger charge is -2.05.